The van der Waals surface area contributed by atoms with Gasteiger partial charge in [0.05, 0.1) is 6.54 Å². The number of ether oxygens (including phenoxy) is 1. The molecule has 6 heteroatoms. The Morgan fingerprint density at radius 1 is 1.33 bits per heavy atom. The summed E-state index contributed by atoms with van der Waals surface area (Å²) >= 11 is 0. The highest BCUT2D eigenvalue weighted by molar-refractivity contribution is 5.78. The van der Waals surface area contributed by atoms with Crippen molar-refractivity contribution in [3.05, 3.63) is 11.6 Å². The van der Waals surface area contributed by atoms with E-state index in [-0.39, 0.29) is 18.1 Å². The third-order valence-corrected chi connectivity index (χ3v) is 4.56. The average Bonchev–Trinajstić information content (AvgIpc) is 2.92. The normalized spacial score (nSPS) is 30.6. The summed E-state index contributed by atoms with van der Waals surface area (Å²) in [6.45, 7) is 7.66. The SMILES string of the molecule is Cc1nc(C)n(C[C@@H]2CCCCN2[C@H]2C[C@@H](C)OC2=O)n1. The van der Waals surface area contributed by atoms with Crippen molar-refractivity contribution in [3.63, 3.8) is 0 Å². The molecule has 1 aromatic rings. The van der Waals surface area contributed by atoms with Gasteiger partial charge in [0.1, 0.15) is 23.8 Å². The smallest absolute Gasteiger partial charge is 0.323 e. The van der Waals surface area contributed by atoms with Gasteiger partial charge in [0.15, 0.2) is 0 Å². The number of aryl methyl sites for hydroxylation is 2. The zero-order valence-electron chi connectivity index (χ0n) is 13.1. The summed E-state index contributed by atoms with van der Waals surface area (Å²) in [5.74, 6) is 1.70. The van der Waals surface area contributed by atoms with Gasteiger partial charge in [0.25, 0.3) is 0 Å². The van der Waals surface area contributed by atoms with Crippen LogP contribution in [0.3, 0.4) is 0 Å². The number of nitrogens with zero attached hydrogens (tertiary/aromatic N) is 4. The van der Waals surface area contributed by atoms with E-state index in [1.165, 1.54) is 6.42 Å². The van der Waals surface area contributed by atoms with Gasteiger partial charge in [-0.2, -0.15) is 5.10 Å². The molecule has 0 aliphatic carbocycles. The van der Waals surface area contributed by atoms with Crippen LogP contribution in [0, 0.1) is 13.8 Å². The molecule has 1 aromatic heterocycles. The predicted octanol–water partition coefficient (Wildman–Crippen LogP) is 1.45. The summed E-state index contributed by atoms with van der Waals surface area (Å²) in [7, 11) is 0. The first-order chi connectivity index (χ1) is 10.0. The largest absolute Gasteiger partial charge is 0.461 e. The molecule has 0 bridgehead atoms. The second kappa shape index (κ2) is 5.75. The first-order valence-electron chi connectivity index (χ1n) is 7.89. The van der Waals surface area contributed by atoms with Crippen molar-refractivity contribution in [2.24, 2.45) is 0 Å². The Hall–Kier alpha value is -1.43. The lowest BCUT2D eigenvalue weighted by molar-refractivity contribution is -0.146. The molecule has 0 radical (unpaired) electrons. The van der Waals surface area contributed by atoms with Crippen molar-refractivity contribution in [3.8, 4) is 0 Å². The lowest BCUT2D eigenvalue weighted by atomic mass is 9.98. The third-order valence-electron chi connectivity index (χ3n) is 4.56. The molecule has 0 unspecified atom stereocenters. The molecule has 0 amide bonds. The lowest BCUT2D eigenvalue weighted by Crippen LogP contribution is -2.50. The van der Waals surface area contributed by atoms with Crippen LogP contribution >= 0.6 is 0 Å². The van der Waals surface area contributed by atoms with E-state index in [4.69, 9.17) is 4.74 Å². The number of likely N-dealkylation sites (tertiary alicyclic amines) is 1. The van der Waals surface area contributed by atoms with Crippen LogP contribution in [0.2, 0.25) is 0 Å². The minimum Gasteiger partial charge on any atom is -0.461 e. The predicted molar refractivity (Wildman–Crippen MR) is 77.8 cm³/mol. The Balaban J connectivity index is 1.75. The van der Waals surface area contributed by atoms with Crippen LogP contribution in [0.1, 0.15) is 44.3 Å². The molecule has 2 aliphatic rings. The molecule has 6 nitrogen and oxygen atoms in total. The standard InChI is InChI=1S/C15H24N4O2/c1-10-8-14(15(20)21-10)18-7-5-4-6-13(18)9-19-12(3)16-11(2)17-19/h10,13-14H,4-9H2,1-3H3/t10-,13+,14+/m1/s1. The Morgan fingerprint density at radius 2 is 2.14 bits per heavy atom. The molecule has 0 N–H and O–H groups in total. The van der Waals surface area contributed by atoms with Crippen LogP contribution < -0.4 is 0 Å². The average molecular weight is 292 g/mol. The second-order valence-electron chi connectivity index (χ2n) is 6.27. The molecule has 2 fully saturated rings. The zero-order valence-corrected chi connectivity index (χ0v) is 13.1. The number of carbonyl (C=O) groups is 1. The summed E-state index contributed by atoms with van der Waals surface area (Å²) in [6, 6.07) is 0.275. The first kappa shape index (κ1) is 14.5. The molecule has 2 aliphatic heterocycles. The second-order valence-corrected chi connectivity index (χ2v) is 6.27. The molecule has 3 rings (SSSR count). The van der Waals surface area contributed by atoms with E-state index in [2.05, 4.69) is 15.0 Å². The number of rotatable bonds is 3. The van der Waals surface area contributed by atoms with Crippen molar-refractivity contribution in [1.82, 2.24) is 19.7 Å². The Morgan fingerprint density at radius 3 is 2.76 bits per heavy atom. The first-order valence-corrected chi connectivity index (χ1v) is 7.89. The van der Waals surface area contributed by atoms with Gasteiger partial charge in [-0.15, -0.1) is 0 Å². The summed E-state index contributed by atoms with van der Waals surface area (Å²) < 4.78 is 7.31. The molecule has 2 saturated heterocycles. The zero-order chi connectivity index (χ0) is 15.0. The fraction of sp³-hybridized carbons (Fsp3) is 0.800. The van der Waals surface area contributed by atoms with Crippen LogP contribution in [-0.4, -0.2) is 50.4 Å². The van der Waals surface area contributed by atoms with E-state index in [9.17, 15) is 4.79 Å². The maximum atomic E-state index is 12.1. The monoisotopic (exact) mass is 292 g/mol. The fourth-order valence-electron chi connectivity index (χ4n) is 3.57. The number of esters is 1. The maximum Gasteiger partial charge on any atom is 0.323 e. The minimum absolute atomic E-state index is 0.0421. The molecular formula is C15H24N4O2. The fourth-order valence-corrected chi connectivity index (χ4v) is 3.57. The van der Waals surface area contributed by atoms with Gasteiger partial charge in [-0.25, -0.2) is 9.67 Å². The highest BCUT2D eigenvalue weighted by atomic mass is 16.6. The minimum atomic E-state index is -0.0739. The summed E-state index contributed by atoms with van der Waals surface area (Å²) in [4.78, 5) is 18.8. The molecule has 0 aromatic carbocycles. The molecule has 3 heterocycles. The van der Waals surface area contributed by atoms with Crippen LogP contribution in [0.15, 0.2) is 0 Å². The van der Waals surface area contributed by atoms with Gasteiger partial charge in [-0.3, -0.25) is 9.69 Å². The van der Waals surface area contributed by atoms with Crippen molar-refractivity contribution in [2.45, 2.75) is 71.2 Å². The number of cyclic esters (lactones) is 1. The number of aromatic nitrogens is 3. The third kappa shape index (κ3) is 2.95. The van der Waals surface area contributed by atoms with Gasteiger partial charge < -0.3 is 4.74 Å². The molecule has 3 atom stereocenters. The van der Waals surface area contributed by atoms with Gasteiger partial charge >= 0.3 is 5.97 Å². The van der Waals surface area contributed by atoms with Crippen molar-refractivity contribution in [2.75, 3.05) is 6.54 Å². The number of hydrogen-bond donors (Lipinski definition) is 0. The quantitative estimate of drug-likeness (QED) is 0.789. The number of piperidine rings is 1. The molecule has 21 heavy (non-hydrogen) atoms. The summed E-state index contributed by atoms with van der Waals surface area (Å²) in [5, 5.41) is 4.46. The van der Waals surface area contributed by atoms with Gasteiger partial charge in [-0.05, 0) is 40.2 Å². The van der Waals surface area contributed by atoms with Crippen LogP contribution in [0.4, 0.5) is 0 Å². The van der Waals surface area contributed by atoms with E-state index in [1.807, 2.05) is 25.5 Å². The van der Waals surface area contributed by atoms with E-state index >= 15 is 0 Å². The summed E-state index contributed by atoms with van der Waals surface area (Å²) in [5.41, 5.74) is 0. The van der Waals surface area contributed by atoms with Crippen LogP contribution in [-0.2, 0) is 16.1 Å². The van der Waals surface area contributed by atoms with E-state index < -0.39 is 0 Å². The van der Waals surface area contributed by atoms with Crippen LogP contribution in [0.25, 0.3) is 0 Å². The maximum absolute atomic E-state index is 12.1. The Kier molecular flexibility index (Phi) is 3.97. The summed E-state index contributed by atoms with van der Waals surface area (Å²) in [6.07, 6.45) is 4.33. The van der Waals surface area contributed by atoms with E-state index in [0.29, 0.717) is 6.04 Å². The highest BCUT2D eigenvalue weighted by Gasteiger charge is 2.40. The van der Waals surface area contributed by atoms with Crippen LogP contribution in [0.5, 0.6) is 0 Å². The van der Waals surface area contributed by atoms with E-state index in [0.717, 1.165) is 44.0 Å². The van der Waals surface area contributed by atoms with Gasteiger partial charge in [0, 0.05) is 12.5 Å². The Bertz CT molecular complexity index is 528. The highest BCUT2D eigenvalue weighted by Crippen LogP contribution is 2.27. The molecule has 0 saturated carbocycles. The Labute approximate surface area is 125 Å². The van der Waals surface area contributed by atoms with Gasteiger partial charge in [0.2, 0.25) is 0 Å². The van der Waals surface area contributed by atoms with Crippen molar-refractivity contribution >= 4 is 5.97 Å². The van der Waals surface area contributed by atoms with Crippen molar-refractivity contribution in [1.29, 1.82) is 0 Å². The number of carbonyl (C=O) groups excluding carboxylic acids is 1. The molecule has 116 valence electrons. The topological polar surface area (TPSA) is 60.2 Å². The van der Waals surface area contributed by atoms with Crippen molar-refractivity contribution < 1.29 is 9.53 Å². The van der Waals surface area contributed by atoms with Gasteiger partial charge in [-0.1, -0.05) is 6.42 Å². The molecular weight excluding hydrogens is 268 g/mol. The lowest BCUT2D eigenvalue weighted by Gasteiger charge is -2.38. The van der Waals surface area contributed by atoms with E-state index in [1.54, 1.807) is 0 Å². The number of hydrogen-bond acceptors (Lipinski definition) is 5. The molecule has 0 spiro atoms.